The molecule has 1 aliphatic carbocycles. The zero-order valence-corrected chi connectivity index (χ0v) is 22.5. The Morgan fingerprint density at radius 1 is 1.05 bits per heavy atom. The largest absolute Gasteiger partial charge is 0.390 e. The Morgan fingerprint density at radius 3 is 2.62 bits per heavy atom. The van der Waals surface area contributed by atoms with Gasteiger partial charge in [0.25, 0.3) is 5.91 Å². The highest BCUT2D eigenvalue weighted by Crippen LogP contribution is 2.31. The first kappa shape index (κ1) is 26.9. The molecule has 0 spiro atoms. The van der Waals surface area contributed by atoms with Crippen molar-refractivity contribution in [3.8, 4) is 0 Å². The molecule has 39 heavy (non-hydrogen) atoms. The lowest BCUT2D eigenvalue weighted by molar-refractivity contribution is -0.117. The van der Waals surface area contributed by atoms with Gasteiger partial charge in [0.2, 0.25) is 5.91 Å². The molecule has 5 rings (SSSR count). The number of fused-ring (bicyclic) bond motifs is 1. The molecule has 0 bridgehead atoms. The third-order valence-corrected chi connectivity index (χ3v) is 7.73. The highest BCUT2D eigenvalue weighted by atomic mass is 16.3. The van der Waals surface area contributed by atoms with Gasteiger partial charge < -0.3 is 26.0 Å². The van der Waals surface area contributed by atoms with Crippen LogP contribution in [0.2, 0.25) is 0 Å². The lowest BCUT2D eigenvalue weighted by Gasteiger charge is -2.27. The minimum atomic E-state index is -0.793. The third kappa shape index (κ3) is 6.49. The molecular weight excluding hydrogens is 488 g/mol. The van der Waals surface area contributed by atoms with Crippen molar-refractivity contribution in [2.45, 2.75) is 57.2 Å². The molecule has 3 atom stereocenters. The number of rotatable bonds is 11. The van der Waals surface area contributed by atoms with Gasteiger partial charge in [-0.3, -0.25) is 9.59 Å². The molecule has 204 valence electrons. The van der Waals surface area contributed by atoms with Crippen LogP contribution < -0.4 is 20.9 Å². The molecule has 3 aromatic rings. The Balaban J connectivity index is 1.33. The van der Waals surface area contributed by atoms with E-state index in [0.29, 0.717) is 38.0 Å². The maximum atomic E-state index is 13.6. The molecule has 1 aliphatic heterocycles. The molecule has 7 nitrogen and oxygen atoms in total. The highest BCUT2D eigenvalue weighted by molar-refractivity contribution is 6.00. The average molecular weight is 527 g/mol. The van der Waals surface area contributed by atoms with E-state index < -0.39 is 12.1 Å². The van der Waals surface area contributed by atoms with E-state index in [9.17, 15) is 14.7 Å². The van der Waals surface area contributed by atoms with Gasteiger partial charge in [-0.25, -0.2) is 0 Å². The lowest BCUT2D eigenvalue weighted by atomic mass is 9.99. The van der Waals surface area contributed by atoms with Crippen LogP contribution in [0.4, 0.5) is 11.4 Å². The molecule has 1 fully saturated rings. The summed E-state index contributed by atoms with van der Waals surface area (Å²) in [6.07, 6.45) is 3.07. The number of aryl methyl sites for hydroxylation is 1. The second kappa shape index (κ2) is 12.5. The van der Waals surface area contributed by atoms with Crippen molar-refractivity contribution in [2.24, 2.45) is 0 Å². The van der Waals surface area contributed by atoms with Crippen molar-refractivity contribution in [2.75, 3.05) is 29.9 Å². The average Bonchev–Trinajstić information content (AvgIpc) is 3.58. The van der Waals surface area contributed by atoms with Gasteiger partial charge in [0.1, 0.15) is 0 Å². The molecule has 0 aromatic heterocycles. The molecule has 4 N–H and O–H groups in total. The van der Waals surface area contributed by atoms with Crippen molar-refractivity contribution < 1.29 is 14.7 Å². The number of carbonyl (C=O) groups excluding carboxylic acids is 2. The van der Waals surface area contributed by atoms with Crippen LogP contribution in [0, 0.1) is 0 Å². The van der Waals surface area contributed by atoms with Crippen LogP contribution in [0.1, 0.15) is 59.3 Å². The maximum Gasteiger partial charge on any atom is 0.251 e. The van der Waals surface area contributed by atoms with E-state index in [2.05, 4.69) is 40.2 Å². The fourth-order valence-electron chi connectivity index (χ4n) is 5.70. The molecule has 1 saturated heterocycles. The van der Waals surface area contributed by atoms with Gasteiger partial charge in [0, 0.05) is 49.0 Å². The zero-order chi connectivity index (χ0) is 27.2. The maximum absolute atomic E-state index is 13.6. The highest BCUT2D eigenvalue weighted by Gasteiger charge is 2.27. The SMILES string of the molecule is CCNc1cc(C(=O)N[C@@H](Cc2ccccc2)[C@H](O)CN[C@H]2CCc3ccccc32)cc(N2CCCC2=O)c1. The lowest BCUT2D eigenvalue weighted by Crippen LogP contribution is -2.49. The van der Waals surface area contributed by atoms with Gasteiger partial charge in [0.15, 0.2) is 0 Å². The fraction of sp³-hybridized carbons (Fsp3) is 0.375. The van der Waals surface area contributed by atoms with E-state index in [1.54, 1.807) is 11.0 Å². The summed E-state index contributed by atoms with van der Waals surface area (Å²) in [5, 5.41) is 21.3. The summed E-state index contributed by atoms with van der Waals surface area (Å²) in [5.41, 5.74) is 5.66. The van der Waals surface area contributed by atoms with Crippen LogP contribution >= 0.6 is 0 Å². The van der Waals surface area contributed by atoms with Gasteiger partial charge in [-0.05, 0) is 67.5 Å². The zero-order valence-electron chi connectivity index (χ0n) is 22.5. The molecule has 1 heterocycles. The molecule has 7 heteroatoms. The van der Waals surface area contributed by atoms with E-state index >= 15 is 0 Å². The summed E-state index contributed by atoms with van der Waals surface area (Å²) >= 11 is 0. The van der Waals surface area contributed by atoms with Crippen LogP contribution in [0.5, 0.6) is 0 Å². The number of aliphatic hydroxyl groups excluding tert-OH is 1. The summed E-state index contributed by atoms with van der Waals surface area (Å²) in [4.78, 5) is 27.8. The molecule has 0 unspecified atom stereocenters. The Bertz CT molecular complexity index is 1300. The van der Waals surface area contributed by atoms with E-state index in [-0.39, 0.29) is 17.9 Å². The van der Waals surface area contributed by atoms with Gasteiger partial charge >= 0.3 is 0 Å². The number of hydrogen-bond acceptors (Lipinski definition) is 5. The number of anilines is 2. The van der Waals surface area contributed by atoms with Crippen LogP contribution in [0.25, 0.3) is 0 Å². The van der Waals surface area contributed by atoms with E-state index in [1.807, 2.05) is 49.4 Å². The fourth-order valence-corrected chi connectivity index (χ4v) is 5.70. The molecule has 3 aromatic carbocycles. The van der Waals surface area contributed by atoms with Crippen LogP contribution in [-0.4, -0.2) is 48.7 Å². The topological polar surface area (TPSA) is 93.7 Å². The minimum Gasteiger partial charge on any atom is -0.390 e. The van der Waals surface area contributed by atoms with E-state index in [1.165, 1.54) is 11.1 Å². The summed E-state index contributed by atoms with van der Waals surface area (Å²) in [5.74, 6) is -0.194. The quantitative estimate of drug-likeness (QED) is 0.300. The number of amides is 2. The smallest absolute Gasteiger partial charge is 0.251 e. The predicted molar refractivity (Wildman–Crippen MR) is 155 cm³/mol. The Labute approximate surface area is 230 Å². The first-order valence-electron chi connectivity index (χ1n) is 14.0. The third-order valence-electron chi connectivity index (χ3n) is 7.73. The number of aliphatic hydroxyl groups is 1. The van der Waals surface area contributed by atoms with Gasteiger partial charge in [0.05, 0.1) is 12.1 Å². The number of carbonyl (C=O) groups is 2. The standard InChI is InChI=1S/C32H38N4O3/c1-2-33-25-18-24(19-26(20-25)36-16-8-13-31(36)38)32(39)35-29(17-22-9-4-3-5-10-22)30(37)21-34-28-15-14-23-11-6-7-12-27(23)28/h3-7,9-12,18-20,28-30,33-34,37H,2,8,13-17,21H2,1H3,(H,35,39)/t28-,29-,30+/m0/s1. The molecule has 2 aliphatic rings. The summed E-state index contributed by atoms with van der Waals surface area (Å²) in [7, 11) is 0. The van der Waals surface area contributed by atoms with Crippen LogP contribution in [0.3, 0.4) is 0 Å². The van der Waals surface area contributed by atoms with E-state index in [4.69, 9.17) is 0 Å². The number of hydrogen-bond donors (Lipinski definition) is 4. The van der Waals surface area contributed by atoms with Gasteiger partial charge in [-0.2, -0.15) is 0 Å². The second-order valence-corrected chi connectivity index (χ2v) is 10.5. The van der Waals surface area contributed by atoms with Crippen molar-refractivity contribution in [3.05, 3.63) is 95.1 Å². The molecule has 0 radical (unpaired) electrons. The minimum absolute atomic E-state index is 0.0759. The Hall–Kier alpha value is -3.68. The van der Waals surface area contributed by atoms with Crippen LogP contribution in [-0.2, 0) is 17.6 Å². The monoisotopic (exact) mass is 526 g/mol. The summed E-state index contributed by atoms with van der Waals surface area (Å²) in [6.45, 7) is 3.71. The van der Waals surface area contributed by atoms with Crippen molar-refractivity contribution in [3.63, 3.8) is 0 Å². The molecular formula is C32H38N4O3. The Morgan fingerprint density at radius 2 is 1.85 bits per heavy atom. The van der Waals surface area contributed by atoms with Gasteiger partial charge in [-0.1, -0.05) is 54.6 Å². The first-order valence-corrected chi connectivity index (χ1v) is 14.0. The van der Waals surface area contributed by atoms with Crippen molar-refractivity contribution in [1.29, 1.82) is 0 Å². The molecule has 2 amide bonds. The number of benzene rings is 3. The van der Waals surface area contributed by atoms with Crippen LogP contribution in [0.15, 0.2) is 72.8 Å². The normalized spacial score (nSPS) is 18.1. The summed E-state index contributed by atoms with van der Waals surface area (Å²) in [6, 6.07) is 23.5. The first-order chi connectivity index (χ1) is 19.0. The van der Waals surface area contributed by atoms with E-state index in [0.717, 1.165) is 36.2 Å². The van der Waals surface area contributed by atoms with Gasteiger partial charge in [-0.15, -0.1) is 0 Å². The molecule has 0 saturated carbocycles. The number of nitrogens with one attached hydrogen (secondary N) is 3. The predicted octanol–water partition coefficient (Wildman–Crippen LogP) is 4.22. The van der Waals surface area contributed by atoms with Crippen molar-refractivity contribution >= 4 is 23.2 Å². The second-order valence-electron chi connectivity index (χ2n) is 10.5. The number of nitrogens with zero attached hydrogens (tertiary/aromatic N) is 1. The van der Waals surface area contributed by atoms with Crippen molar-refractivity contribution in [1.82, 2.24) is 10.6 Å². The summed E-state index contributed by atoms with van der Waals surface area (Å²) < 4.78 is 0. The Kier molecular flexibility index (Phi) is 8.59.